The van der Waals surface area contributed by atoms with Crippen molar-refractivity contribution >= 4 is 16.2 Å². The fourth-order valence-corrected chi connectivity index (χ4v) is 2.10. The Balaban J connectivity index is 0.000000221. The van der Waals surface area contributed by atoms with E-state index in [1.807, 2.05) is 0 Å². The van der Waals surface area contributed by atoms with Crippen LogP contribution < -0.4 is 4.90 Å². The number of hydrogen-bond acceptors (Lipinski definition) is 4. The molecule has 2 aliphatic heterocycles. The molecule has 2 heterocycles. The van der Waals surface area contributed by atoms with Gasteiger partial charge in [-0.25, -0.2) is 13.4 Å². The molecule has 0 saturated carbocycles. The number of nitrogens with zero attached hydrogens (tertiary/aromatic N) is 1. The Kier molecular flexibility index (Phi) is 5.33. The van der Waals surface area contributed by atoms with Gasteiger partial charge in [0.25, 0.3) is 0 Å². The Morgan fingerprint density at radius 3 is 2.50 bits per heavy atom. The molecular weight excluding hydrogens is 232 g/mol. The Labute approximate surface area is 95.9 Å². The third kappa shape index (κ3) is 6.16. The maximum Gasteiger partial charge on any atom is 0.215 e. The zero-order valence-electron chi connectivity index (χ0n) is 9.18. The van der Waals surface area contributed by atoms with E-state index in [1.54, 1.807) is 4.90 Å². The lowest BCUT2D eigenvalue weighted by Gasteiger charge is -2.21. The van der Waals surface area contributed by atoms with Crippen molar-refractivity contribution in [2.75, 3.05) is 19.6 Å². The normalized spacial score (nSPS) is 25.6. The molecule has 16 heavy (non-hydrogen) atoms. The van der Waals surface area contributed by atoms with Crippen LogP contribution in [0.25, 0.3) is 0 Å². The number of quaternary nitrogens is 1. The van der Waals surface area contributed by atoms with Crippen LogP contribution in [0.4, 0.5) is 0 Å². The average Bonchev–Trinajstić information content (AvgIpc) is 2.39. The monoisotopic (exact) mass is 250 g/mol. The van der Waals surface area contributed by atoms with Gasteiger partial charge in [0.05, 0.1) is 13.1 Å². The number of aliphatic imine (C=N–C) groups is 1. The first kappa shape index (κ1) is 13.6. The van der Waals surface area contributed by atoms with E-state index in [4.69, 9.17) is 17.5 Å². The number of hydrogen-bond donors (Lipinski definition) is 2. The summed E-state index contributed by atoms with van der Waals surface area (Å²) in [5.41, 5.74) is 0. The number of rotatable bonds is 0. The van der Waals surface area contributed by atoms with Gasteiger partial charge in [0.2, 0.25) is 10.4 Å². The van der Waals surface area contributed by atoms with Crippen LogP contribution in [0.1, 0.15) is 32.1 Å². The van der Waals surface area contributed by atoms with E-state index < -0.39 is 10.4 Å². The van der Waals surface area contributed by atoms with Crippen LogP contribution in [0.5, 0.6) is 0 Å². The summed E-state index contributed by atoms with van der Waals surface area (Å²) in [6.45, 7) is 3.79. The highest BCUT2D eigenvalue weighted by molar-refractivity contribution is 7.79. The SMILES string of the molecule is C1CCC2=NCCC[NH+]2CC1.O=S(=O)([O-])O. The van der Waals surface area contributed by atoms with Gasteiger partial charge < -0.3 is 4.55 Å². The van der Waals surface area contributed by atoms with E-state index in [-0.39, 0.29) is 0 Å². The first-order valence-electron chi connectivity index (χ1n) is 5.53. The second-order valence-corrected chi connectivity index (χ2v) is 4.88. The highest BCUT2D eigenvalue weighted by atomic mass is 32.3. The second-order valence-electron chi connectivity index (χ2n) is 4.02. The molecule has 0 radical (unpaired) electrons. The van der Waals surface area contributed by atoms with Crippen molar-refractivity contribution in [3.05, 3.63) is 0 Å². The molecule has 0 spiro atoms. The first-order chi connectivity index (χ1) is 7.47. The summed E-state index contributed by atoms with van der Waals surface area (Å²) in [7, 11) is -4.92. The number of amidine groups is 1. The zero-order valence-corrected chi connectivity index (χ0v) is 10.0. The Hall–Kier alpha value is -0.500. The quantitative estimate of drug-likeness (QED) is 0.437. The van der Waals surface area contributed by atoms with Crippen molar-refractivity contribution in [1.82, 2.24) is 0 Å². The van der Waals surface area contributed by atoms with E-state index in [0.717, 1.165) is 6.54 Å². The standard InChI is InChI=1S/C9H16N2.H2O4S/c1-2-5-9-10-6-4-8-11(9)7-3-1;1-5(2,3)4/h1-8H2;(H2,1,2,3,4). The summed E-state index contributed by atoms with van der Waals surface area (Å²) < 4.78 is 32.8. The van der Waals surface area contributed by atoms with Gasteiger partial charge in [-0.1, -0.05) is 0 Å². The van der Waals surface area contributed by atoms with Gasteiger partial charge in [-0.05, 0) is 19.3 Å². The van der Waals surface area contributed by atoms with Crippen LogP contribution in [0, 0.1) is 0 Å². The second kappa shape index (κ2) is 6.29. The Morgan fingerprint density at radius 1 is 1.19 bits per heavy atom. The maximum atomic E-state index is 8.63. The Morgan fingerprint density at radius 2 is 1.81 bits per heavy atom. The van der Waals surface area contributed by atoms with Gasteiger partial charge in [-0.15, -0.1) is 0 Å². The van der Waals surface area contributed by atoms with Gasteiger partial charge in [0.1, 0.15) is 0 Å². The Bertz CT molecular complexity index is 331. The molecule has 0 aromatic carbocycles. The fourth-order valence-electron chi connectivity index (χ4n) is 2.10. The molecule has 2 rings (SSSR count). The molecule has 0 bridgehead atoms. The molecule has 1 atom stereocenters. The molecule has 2 aliphatic rings. The third-order valence-electron chi connectivity index (χ3n) is 2.74. The fraction of sp³-hybridized carbons (Fsp3) is 0.889. The first-order valence-corrected chi connectivity index (χ1v) is 6.90. The predicted molar refractivity (Wildman–Crippen MR) is 58.4 cm³/mol. The summed E-state index contributed by atoms with van der Waals surface area (Å²) in [5, 5.41) is 0. The highest BCUT2D eigenvalue weighted by Gasteiger charge is 2.21. The molecule has 0 aromatic heterocycles. The van der Waals surface area contributed by atoms with E-state index >= 15 is 0 Å². The third-order valence-corrected chi connectivity index (χ3v) is 2.74. The van der Waals surface area contributed by atoms with Gasteiger partial charge in [-0.3, -0.25) is 9.45 Å². The molecular formula is C9H18N2O4S. The molecule has 1 unspecified atom stereocenters. The summed E-state index contributed by atoms with van der Waals surface area (Å²) in [6.07, 6.45) is 6.79. The molecule has 1 saturated heterocycles. The summed E-state index contributed by atoms with van der Waals surface area (Å²) >= 11 is 0. The average molecular weight is 250 g/mol. The molecule has 0 amide bonds. The lowest BCUT2D eigenvalue weighted by molar-refractivity contribution is -0.809. The molecule has 7 heteroatoms. The van der Waals surface area contributed by atoms with Crippen LogP contribution >= 0.6 is 0 Å². The largest absolute Gasteiger partial charge is 0.726 e. The smallest absolute Gasteiger partial charge is 0.215 e. The lowest BCUT2D eigenvalue weighted by Crippen LogP contribution is -3.15. The van der Waals surface area contributed by atoms with Gasteiger partial charge in [0.15, 0.2) is 5.84 Å². The minimum absolute atomic E-state index is 1.10. The van der Waals surface area contributed by atoms with Crippen molar-refractivity contribution in [2.45, 2.75) is 32.1 Å². The highest BCUT2D eigenvalue weighted by Crippen LogP contribution is 2.03. The summed E-state index contributed by atoms with van der Waals surface area (Å²) in [5.74, 6) is 1.48. The summed E-state index contributed by atoms with van der Waals surface area (Å²) in [4.78, 5) is 6.28. The minimum atomic E-state index is -4.92. The maximum absolute atomic E-state index is 8.63. The zero-order chi connectivity index (χ0) is 12.0. The van der Waals surface area contributed by atoms with Crippen molar-refractivity contribution in [3.8, 4) is 0 Å². The van der Waals surface area contributed by atoms with Crippen LogP contribution in [0.2, 0.25) is 0 Å². The minimum Gasteiger partial charge on any atom is -0.726 e. The van der Waals surface area contributed by atoms with Crippen LogP contribution in [-0.4, -0.2) is 43.0 Å². The molecule has 6 nitrogen and oxygen atoms in total. The number of fused-ring (bicyclic) bond motifs is 1. The molecule has 1 fully saturated rings. The van der Waals surface area contributed by atoms with Crippen molar-refractivity contribution in [1.29, 1.82) is 0 Å². The van der Waals surface area contributed by atoms with Crippen LogP contribution in [0.3, 0.4) is 0 Å². The van der Waals surface area contributed by atoms with Gasteiger partial charge >= 0.3 is 0 Å². The molecule has 0 aromatic rings. The van der Waals surface area contributed by atoms with Gasteiger partial charge in [-0.2, -0.15) is 0 Å². The molecule has 2 N–H and O–H groups in total. The van der Waals surface area contributed by atoms with Crippen molar-refractivity contribution in [2.24, 2.45) is 4.99 Å². The van der Waals surface area contributed by atoms with E-state index in [9.17, 15) is 0 Å². The predicted octanol–water partition coefficient (Wildman–Crippen LogP) is -0.748. The lowest BCUT2D eigenvalue weighted by atomic mass is 10.2. The molecule has 0 aliphatic carbocycles. The van der Waals surface area contributed by atoms with Crippen molar-refractivity contribution in [3.63, 3.8) is 0 Å². The van der Waals surface area contributed by atoms with Gasteiger partial charge in [0, 0.05) is 19.4 Å². The van der Waals surface area contributed by atoms with Crippen LogP contribution in [0.15, 0.2) is 4.99 Å². The topological polar surface area (TPSA) is 94.2 Å². The van der Waals surface area contributed by atoms with Crippen molar-refractivity contribution < 1.29 is 22.4 Å². The molecule has 94 valence electrons. The summed E-state index contributed by atoms with van der Waals surface area (Å²) in [6, 6.07) is 0. The number of nitrogens with one attached hydrogen (secondary N) is 1. The van der Waals surface area contributed by atoms with E-state index in [1.165, 1.54) is 51.0 Å². The van der Waals surface area contributed by atoms with E-state index in [2.05, 4.69) is 4.99 Å². The van der Waals surface area contributed by atoms with Crippen LogP contribution in [-0.2, 0) is 10.4 Å². The van der Waals surface area contributed by atoms with E-state index in [0.29, 0.717) is 0 Å².